The van der Waals surface area contributed by atoms with Crippen LogP contribution < -0.4 is 15.7 Å². The fourth-order valence-corrected chi connectivity index (χ4v) is 3.28. The molecule has 31 heavy (non-hydrogen) atoms. The molecule has 0 aliphatic carbocycles. The number of aliphatic carboxylic acids is 1. The van der Waals surface area contributed by atoms with Crippen molar-refractivity contribution >= 4 is 22.8 Å². The molecule has 0 saturated heterocycles. The summed E-state index contributed by atoms with van der Waals surface area (Å²) in [7, 11) is 0. The molecule has 0 aliphatic rings. The highest BCUT2D eigenvalue weighted by atomic mass is 16.5. The molecule has 7 heteroatoms. The Kier molecular flexibility index (Phi) is 6.74. The summed E-state index contributed by atoms with van der Waals surface area (Å²) in [6.07, 6.45) is -0.327. The molecule has 1 amide bonds. The van der Waals surface area contributed by atoms with Crippen molar-refractivity contribution in [2.75, 3.05) is 0 Å². The van der Waals surface area contributed by atoms with Crippen molar-refractivity contribution in [3.63, 3.8) is 0 Å². The Hall–Kier alpha value is -3.61. The fourth-order valence-electron chi connectivity index (χ4n) is 3.28. The zero-order valence-electron chi connectivity index (χ0n) is 17.6. The molecule has 2 aromatic carbocycles. The molecule has 1 aromatic heterocycles. The zero-order valence-corrected chi connectivity index (χ0v) is 17.6. The Morgan fingerprint density at radius 1 is 1.10 bits per heavy atom. The highest BCUT2D eigenvalue weighted by Gasteiger charge is 2.28. The van der Waals surface area contributed by atoms with E-state index in [1.165, 1.54) is 13.0 Å². The van der Waals surface area contributed by atoms with Crippen molar-refractivity contribution in [3.8, 4) is 16.9 Å². The number of fused-ring (bicyclic) bond motifs is 1. The second-order valence-electron chi connectivity index (χ2n) is 7.47. The van der Waals surface area contributed by atoms with Crippen LogP contribution in [0.2, 0.25) is 0 Å². The molecule has 0 bridgehead atoms. The minimum absolute atomic E-state index is 0.222. The van der Waals surface area contributed by atoms with Crippen molar-refractivity contribution in [2.24, 2.45) is 5.92 Å². The lowest BCUT2D eigenvalue weighted by Gasteiger charge is -2.22. The molecular weight excluding hydrogens is 398 g/mol. The van der Waals surface area contributed by atoms with Gasteiger partial charge in [0.1, 0.15) is 17.4 Å². The van der Waals surface area contributed by atoms with Crippen molar-refractivity contribution < 1.29 is 23.8 Å². The number of hydrogen-bond acceptors (Lipinski definition) is 5. The van der Waals surface area contributed by atoms with E-state index in [1.54, 1.807) is 25.1 Å². The summed E-state index contributed by atoms with van der Waals surface area (Å²) in [5.41, 5.74) is 1.46. The number of carbonyl (C=O) groups is 2. The van der Waals surface area contributed by atoms with Crippen molar-refractivity contribution in [2.45, 2.75) is 39.3 Å². The van der Waals surface area contributed by atoms with E-state index in [9.17, 15) is 19.5 Å². The number of benzene rings is 2. The third-order valence-electron chi connectivity index (χ3n) is 5.26. The molecule has 2 N–H and O–H groups in total. The molecule has 3 rings (SSSR count). The van der Waals surface area contributed by atoms with Gasteiger partial charge in [-0.05, 0) is 36.1 Å². The lowest BCUT2D eigenvalue weighted by Crippen LogP contribution is -2.49. The smallest absolute Gasteiger partial charge is 0.336 e. The number of amides is 1. The normalized spacial score (nSPS) is 13.9. The molecule has 0 unspecified atom stereocenters. The van der Waals surface area contributed by atoms with E-state index < -0.39 is 29.6 Å². The van der Waals surface area contributed by atoms with Crippen LogP contribution in [-0.4, -0.2) is 29.1 Å². The van der Waals surface area contributed by atoms with Crippen LogP contribution >= 0.6 is 0 Å². The molecule has 0 saturated carbocycles. The third kappa shape index (κ3) is 5.12. The maximum absolute atomic E-state index is 12.5. The average molecular weight is 423 g/mol. The van der Waals surface area contributed by atoms with Gasteiger partial charge in [0.15, 0.2) is 6.10 Å². The predicted octanol–water partition coefficient (Wildman–Crippen LogP) is 3.84. The molecule has 3 aromatic rings. The molecule has 0 fully saturated rings. The van der Waals surface area contributed by atoms with Crippen LogP contribution in [0.25, 0.3) is 22.1 Å². The van der Waals surface area contributed by atoms with Crippen molar-refractivity contribution in [1.82, 2.24) is 5.32 Å². The summed E-state index contributed by atoms with van der Waals surface area (Å²) in [5.74, 6) is -1.51. The quantitative estimate of drug-likeness (QED) is 0.533. The van der Waals surface area contributed by atoms with Crippen LogP contribution in [0.15, 0.2) is 63.8 Å². The summed E-state index contributed by atoms with van der Waals surface area (Å²) in [6, 6.07) is 14.9. The Bertz CT molecular complexity index is 1140. The molecule has 162 valence electrons. The van der Waals surface area contributed by atoms with Gasteiger partial charge < -0.3 is 19.6 Å². The van der Waals surface area contributed by atoms with E-state index in [0.717, 1.165) is 16.5 Å². The molecule has 3 atom stereocenters. The maximum Gasteiger partial charge on any atom is 0.336 e. The second kappa shape index (κ2) is 9.47. The summed E-state index contributed by atoms with van der Waals surface area (Å²) >= 11 is 0. The van der Waals surface area contributed by atoms with Crippen LogP contribution in [0, 0.1) is 5.92 Å². The maximum atomic E-state index is 12.5. The Labute approximate surface area is 179 Å². The van der Waals surface area contributed by atoms with E-state index >= 15 is 0 Å². The van der Waals surface area contributed by atoms with Crippen LogP contribution in [0.1, 0.15) is 27.2 Å². The molecule has 1 heterocycles. The van der Waals surface area contributed by atoms with Gasteiger partial charge in [0.2, 0.25) is 0 Å². The minimum Gasteiger partial charge on any atom is -0.481 e. The SMILES string of the molecule is CC[C@@H](C)[C@H](NC(=O)[C@@H](C)Oc1ccc2c(-c3ccccc3)cc(=O)oc2c1)C(=O)O. The minimum atomic E-state index is -1.09. The molecule has 7 nitrogen and oxygen atoms in total. The standard InChI is InChI=1S/C24H25NO6/c1-4-14(2)22(24(28)29)25-23(27)15(3)30-17-10-11-18-19(16-8-6-5-7-9-16)13-21(26)31-20(18)12-17/h5-15,22H,4H2,1-3H3,(H,25,27)(H,28,29)/t14-,15-,22+/m1/s1. The molecule has 0 aliphatic heterocycles. The largest absolute Gasteiger partial charge is 0.481 e. The van der Waals surface area contributed by atoms with Crippen LogP contribution in [0.5, 0.6) is 5.75 Å². The summed E-state index contributed by atoms with van der Waals surface area (Å²) in [6.45, 7) is 5.16. The molecular formula is C24H25NO6. The zero-order chi connectivity index (χ0) is 22.5. The van der Waals surface area contributed by atoms with Crippen molar-refractivity contribution in [3.05, 3.63) is 65.0 Å². The van der Waals surface area contributed by atoms with Gasteiger partial charge in [0.05, 0.1) is 0 Å². The van der Waals surface area contributed by atoms with Gasteiger partial charge in [-0.3, -0.25) is 4.79 Å². The summed E-state index contributed by atoms with van der Waals surface area (Å²) in [4.78, 5) is 36.0. The average Bonchev–Trinajstić information content (AvgIpc) is 2.76. The second-order valence-corrected chi connectivity index (χ2v) is 7.47. The third-order valence-corrected chi connectivity index (χ3v) is 5.26. The van der Waals surface area contributed by atoms with Gasteiger partial charge in [0.25, 0.3) is 5.91 Å². The fraction of sp³-hybridized carbons (Fsp3) is 0.292. The number of hydrogen-bond donors (Lipinski definition) is 2. The predicted molar refractivity (Wildman–Crippen MR) is 117 cm³/mol. The van der Waals surface area contributed by atoms with E-state index in [4.69, 9.17) is 9.15 Å². The topological polar surface area (TPSA) is 106 Å². The monoisotopic (exact) mass is 423 g/mol. The first-order valence-corrected chi connectivity index (χ1v) is 10.1. The highest BCUT2D eigenvalue weighted by Crippen LogP contribution is 2.29. The Morgan fingerprint density at radius 2 is 1.81 bits per heavy atom. The lowest BCUT2D eigenvalue weighted by molar-refractivity contribution is -0.144. The van der Waals surface area contributed by atoms with E-state index in [1.807, 2.05) is 37.3 Å². The van der Waals surface area contributed by atoms with Gasteiger partial charge in [0, 0.05) is 17.5 Å². The Balaban J connectivity index is 1.83. The summed E-state index contributed by atoms with van der Waals surface area (Å²) in [5, 5.41) is 12.6. The van der Waals surface area contributed by atoms with Crippen LogP contribution in [0.3, 0.4) is 0 Å². The first-order valence-electron chi connectivity index (χ1n) is 10.1. The summed E-state index contributed by atoms with van der Waals surface area (Å²) < 4.78 is 11.0. The van der Waals surface area contributed by atoms with Gasteiger partial charge in [-0.15, -0.1) is 0 Å². The van der Waals surface area contributed by atoms with E-state index in [2.05, 4.69) is 5.32 Å². The van der Waals surface area contributed by atoms with E-state index in [-0.39, 0.29) is 5.92 Å². The van der Waals surface area contributed by atoms with Crippen LogP contribution in [-0.2, 0) is 9.59 Å². The lowest BCUT2D eigenvalue weighted by atomic mass is 9.99. The number of nitrogens with one attached hydrogen (secondary N) is 1. The van der Waals surface area contributed by atoms with Gasteiger partial charge in [-0.1, -0.05) is 50.6 Å². The molecule has 0 radical (unpaired) electrons. The Morgan fingerprint density at radius 3 is 2.45 bits per heavy atom. The molecule has 0 spiro atoms. The number of carbonyl (C=O) groups excluding carboxylic acids is 1. The van der Waals surface area contributed by atoms with E-state index in [0.29, 0.717) is 17.8 Å². The van der Waals surface area contributed by atoms with Crippen LogP contribution in [0.4, 0.5) is 0 Å². The first kappa shape index (κ1) is 22.1. The highest BCUT2D eigenvalue weighted by molar-refractivity contribution is 5.94. The number of carboxylic acid groups (broad SMARTS) is 1. The number of rotatable bonds is 8. The van der Waals surface area contributed by atoms with Gasteiger partial charge in [-0.25, -0.2) is 9.59 Å². The number of carboxylic acids is 1. The number of ether oxygens (including phenoxy) is 1. The van der Waals surface area contributed by atoms with Gasteiger partial charge in [-0.2, -0.15) is 0 Å². The van der Waals surface area contributed by atoms with Crippen molar-refractivity contribution in [1.29, 1.82) is 0 Å². The van der Waals surface area contributed by atoms with Gasteiger partial charge >= 0.3 is 11.6 Å². The first-order chi connectivity index (χ1) is 14.8.